The lowest BCUT2D eigenvalue weighted by Gasteiger charge is -2.61. The minimum absolute atomic E-state index is 0.00171. The van der Waals surface area contributed by atoms with E-state index in [4.69, 9.17) is 4.74 Å². The Labute approximate surface area is 161 Å². The highest BCUT2D eigenvalue weighted by Gasteiger charge is 2.70. The maximum atomic E-state index is 12.2. The average Bonchev–Trinajstić information content (AvgIpc) is 2.97. The van der Waals surface area contributed by atoms with E-state index in [0.717, 1.165) is 36.6 Å². The van der Waals surface area contributed by atoms with E-state index < -0.39 is 23.2 Å². The summed E-state index contributed by atoms with van der Waals surface area (Å²) < 4.78 is 6.18. The Balaban J connectivity index is 1.61. The number of phenols is 1. The van der Waals surface area contributed by atoms with E-state index in [9.17, 15) is 15.3 Å². The number of piperidine rings is 1. The predicted octanol–water partition coefficient (Wildman–Crippen LogP) is 2.48. The number of likely N-dealkylation sites (tertiary alicyclic amines) is 1. The standard InChI is InChI=1S/C22H31NO4/c1-13-6-7-16(24)19-18(13)21-10-11-23(12-15-4-3-5-15)14(2)22(21,26)9-8-17(25)20(21)27-19/h6-7,14-15,17,20,24-26H,3-5,8-12H2,1-2H3. The number of benzene rings is 1. The molecule has 2 heterocycles. The van der Waals surface area contributed by atoms with Gasteiger partial charge in [-0.2, -0.15) is 0 Å². The fourth-order valence-corrected chi connectivity index (χ4v) is 6.46. The molecule has 5 nitrogen and oxygen atoms in total. The number of ether oxygens (including phenoxy) is 1. The van der Waals surface area contributed by atoms with Crippen LogP contribution in [0.5, 0.6) is 11.5 Å². The minimum Gasteiger partial charge on any atom is -0.504 e. The van der Waals surface area contributed by atoms with Gasteiger partial charge in [0, 0.05) is 18.2 Å². The van der Waals surface area contributed by atoms with Crippen LogP contribution in [0.3, 0.4) is 0 Å². The summed E-state index contributed by atoms with van der Waals surface area (Å²) in [5.41, 5.74) is 0.322. The first-order chi connectivity index (χ1) is 12.9. The third kappa shape index (κ3) is 2.16. The molecular formula is C22H31NO4. The molecule has 1 aromatic carbocycles. The zero-order valence-electron chi connectivity index (χ0n) is 16.3. The van der Waals surface area contributed by atoms with Crippen LogP contribution < -0.4 is 4.74 Å². The van der Waals surface area contributed by atoms with Gasteiger partial charge in [-0.1, -0.05) is 12.5 Å². The van der Waals surface area contributed by atoms with E-state index in [2.05, 4.69) is 11.8 Å². The van der Waals surface area contributed by atoms with E-state index in [1.165, 1.54) is 19.3 Å². The summed E-state index contributed by atoms with van der Waals surface area (Å²) in [7, 11) is 0. The van der Waals surface area contributed by atoms with Crippen molar-refractivity contribution in [1.82, 2.24) is 4.90 Å². The number of aliphatic hydroxyl groups excluding tert-OH is 1. The van der Waals surface area contributed by atoms with Crippen LogP contribution in [0.2, 0.25) is 0 Å². The molecular weight excluding hydrogens is 342 g/mol. The molecule has 1 spiro atoms. The highest BCUT2D eigenvalue weighted by Crippen LogP contribution is 2.62. The molecule has 5 atom stereocenters. The number of aryl methyl sites for hydroxylation is 1. The summed E-state index contributed by atoms with van der Waals surface area (Å²) in [6.07, 6.45) is 4.64. The lowest BCUT2D eigenvalue weighted by molar-refractivity contribution is -0.201. The molecule has 1 aromatic rings. The first kappa shape index (κ1) is 17.8. The van der Waals surface area contributed by atoms with Crippen LogP contribution >= 0.6 is 0 Å². The van der Waals surface area contributed by atoms with Crippen molar-refractivity contribution >= 4 is 0 Å². The third-order valence-corrected chi connectivity index (χ3v) is 8.21. The monoisotopic (exact) mass is 373 g/mol. The van der Waals surface area contributed by atoms with Crippen molar-refractivity contribution in [2.24, 2.45) is 5.92 Å². The Bertz CT molecular complexity index is 763. The zero-order valence-corrected chi connectivity index (χ0v) is 16.3. The molecule has 5 heteroatoms. The predicted molar refractivity (Wildman–Crippen MR) is 102 cm³/mol. The fourth-order valence-electron chi connectivity index (χ4n) is 6.46. The number of hydrogen-bond acceptors (Lipinski definition) is 5. The van der Waals surface area contributed by atoms with Gasteiger partial charge < -0.3 is 20.1 Å². The van der Waals surface area contributed by atoms with E-state index in [-0.39, 0.29) is 11.8 Å². The molecule has 3 fully saturated rings. The summed E-state index contributed by atoms with van der Waals surface area (Å²) in [6.45, 7) is 6.11. The summed E-state index contributed by atoms with van der Waals surface area (Å²) in [5.74, 6) is 1.34. The van der Waals surface area contributed by atoms with Crippen LogP contribution in [0.15, 0.2) is 12.1 Å². The number of phenolic OH excluding ortho intramolecular Hbond substituents is 1. The van der Waals surface area contributed by atoms with Crippen LogP contribution in [0.1, 0.15) is 56.6 Å². The molecule has 2 saturated carbocycles. The van der Waals surface area contributed by atoms with E-state index in [0.29, 0.717) is 18.6 Å². The fraction of sp³-hybridized carbons (Fsp3) is 0.727. The average molecular weight is 373 g/mol. The van der Waals surface area contributed by atoms with Gasteiger partial charge in [0.25, 0.3) is 0 Å². The zero-order chi connectivity index (χ0) is 19.0. The van der Waals surface area contributed by atoms with Crippen LogP contribution in [0.25, 0.3) is 0 Å². The quantitative estimate of drug-likeness (QED) is 0.743. The number of aromatic hydroxyl groups is 1. The molecule has 0 aromatic heterocycles. The molecule has 2 aliphatic heterocycles. The molecule has 5 rings (SSSR count). The van der Waals surface area contributed by atoms with Crippen molar-refractivity contribution in [3.63, 3.8) is 0 Å². The molecule has 0 amide bonds. The van der Waals surface area contributed by atoms with Crippen LogP contribution in [-0.4, -0.2) is 57.2 Å². The maximum Gasteiger partial charge on any atom is 0.165 e. The second kappa shape index (κ2) is 5.85. The SMILES string of the molecule is Cc1ccc(O)c2c1C13CCN(CC4CCC4)C(C)C1(O)CCC(O)C3O2. The highest BCUT2D eigenvalue weighted by molar-refractivity contribution is 5.60. The molecule has 2 aliphatic carbocycles. The molecule has 3 N–H and O–H groups in total. The van der Waals surface area contributed by atoms with Crippen LogP contribution in [0.4, 0.5) is 0 Å². The number of rotatable bonds is 2. The second-order valence-corrected chi connectivity index (χ2v) is 9.36. The Morgan fingerprint density at radius 3 is 2.70 bits per heavy atom. The van der Waals surface area contributed by atoms with Gasteiger partial charge in [-0.3, -0.25) is 4.90 Å². The number of fused-ring (bicyclic) bond motifs is 1. The van der Waals surface area contributed by atoms with Gasteiger partial charge in [0.15, 0.2) is 11.5 Å². The summed E-state index contributed by atoms with van der Waals surface area (Å²) in [4.78, 5) is 2.46. The van der Waals surface area contributed by atoms with E-state index in [1.807, 2.05) is 13.0 Å². The van der Waals surface area contributed by atoms with Crippen molar-refractivity contribution in [1.29, 1.82) is 0 Å². The van der Waals surface area contributed by atoms with Crippen molar-refractivity contribution in [2.75, 3.05) is 13.1 Å². The molecule has 27 heavy (non-hydrogen) atoms. The summed E-state index contributed by atoms with van der Waals surface area (Å²) in [5, 5.41) is 33.4. The van der Waals surface area contributed by atoms with E-state index >= 15 is 0 Å². The number of aliphatic hydroxyl groups is 2. The molecule has 148 valence electrons. The van der Waals surface area contributed by atoms with Crippen LogP contribution in [0, 0.1) is 12.8 Å². The Morgan fingerprint density at radius 1 is 1.22 bits per heavy atom. The summed E-state index contributed by atoms with van der Waals surface area (Å²) in [6, 6.07) is 3.56. The van der Waals surface area contributed by atoms with Crippen molar-refractivity contribution in [3.05, 3.63) is 23.3 Å². The lowest BCUT2D eigenvalue weighted by Crippen LogP contribution is -2.74. The Hall–Kier alpha value is -1.30. The van der Waals surface area contributed by atoms with Gasteiger partial charge in [-0.05, 0) is 70.0 Å². The van der Waals surface area contributed by atoms with Gasteiger partial charge in [-0.25, -0.2) is 0 Å². The molecule has 1 saturated heterocycles. The van der Waals surface area contributed by atoms with E-state index in [1.54, 1.807) is 6.07 Å². The van der Waals surface area contributed by atoms with Gasteiger partial charge in [-0.15, -0.1) is 0 Å². The van der Waals surface area contributed by atoms with Gasteiger partial charge >= 0.3 is 0 Å². The van der Waals surface area contributed by atoms with Gasteiger partial charge in [0.05, 0.1) is 17.1 Å². The van der Waals surface area contributed by atoms with Gasteiger partial charge in [0.2, 0.25) is 0 Å². The molecule has 4 aliphatic rings. The first-order valence-corrected chi connectivity index (χ1v) is 10.5. The number of nitrogens with zero attached hydrogens (tertiary/aromatic N) is 1. The largest absolute Gasteiger partial charge is 0.504 e. The highest BCUT2D eigenvalue weighted by atomic mass is 16.5. The van der Waals surface area contributed by atoms with Crippen molar-refractivity contribution < 1.29 is 20.1 Å². The normalized spacial score (nSPS) is 41.3. The minimum atomic E-state index is -0.970. The second-order valence-electron chi connectivity index (χ2n) is 9.36. The lowest BCUT2D eigenvalue weighted by atomic mass is 9.52. The maximum absolute atomic E-state index is 12.2. The Morgan fingerprint density at radius 2 is 2.00 bits per heavy atom. The topological polar surface area (TPSA) is 73.2 Å². The van der Waals surface area contributed by atoms with Crippen molar-refractivity contribution in [3.8, 4) is 11.5 Å². The third-order valence-electron chi connectivity index (χ3n) is 8.21. The van der Waals surface area contributed by atoms with Crippen molar-refractivity contribution in [2.45, 2.75) is 81.6 Å². The molecule has 0 radical (unpaired) electrons. The molecule has 5 unspecified atom stereocenters. The molecule has 0 bridgehead atoms. The van der Waals surface area contributed by atoms with Crippen LogP contribution in [-0.2, 0) is 5.41 Å². The van der Waals surface area contributed by atoms with Gasteiger partial charge in [0.1, 0.15) is 6.10 Å². The summed E-state index contributed by atoms with van der Waals surface area (Å²) >= 11 is 0. The smallest absolute Gasteiger partial charge is 0.165 e. The Kier molecular flexibility index (Phi) is 3.85. The first-order valence-electron chi connectivity index (χ1n) is 10.5. The number of hydrogen-bond donors (Lipinski definition) is 3.